The summed E-state index contributed by atoms with van der Waals surface area (Å²) in [5, 5.41) is 5.24. The van der Waals surface area contributed by atoms with Crippen molar-refractivity contribution in [1.29, 1.82) is 0 Å². The molecule has 1 saturated heterocycles. The van der Waals surface area contributed by atoms with E-state index < -0.39 is 0 Å². The van der Waals surface area contributed by atoms with E-state index in [0.29, 0.717) is 19.0 Å². The lowest BCUT2D eigenvalue weighted by Gasteiger charge is -2.31. The van der Waals surface area contributed by atoms with Crippen LogP contribution in [0.4, 0.5) is 0 Å². The Morgan fingerprint density at radius 3 is 2.96 bits per heavy atom. The van der Waals surface area contributed by atoms with E-state index in [2.05, 4.69) is 40.0 Å². The Kier molecular flexibility index (Phi) is 4.03. The van der Waals surface area contributed by atoms with E-state index in [1.165, 1.54) is 10.9 Å². The summed E-state index contributed by atoms with van der Waals surface area (Å²) in [7, 11) is 0. The molecule has 1 aliphatic rings. The van der Waals surface area contributed by atoms with E-state index in [9.17, 15) is 4.79 Å². The molecule has 6 heteroatoms. The summed E-state index contributed by atoms with van der Waals surface area (Å²) in [5.41, 5.74) is 2.30. The second-order valence-electron chi connectivity index (χ2n) is 6.81. The van der Waals surface area contributed by atoms with Gasteiger partial charge in [0.25, 0.3) is 0 Å². The monoisotopic (exact) mass is 338 g/mol. The summed E-state index contributed by atoms with van der Waals surface area (Å²) >= 11 is 0. The molecule has 1 amide bonds. The van der Waals surface area contributed by atoms with E-state index in [1.807, 2.05) is 17.0 Å². The van der Waals surface area contributed by atoms with Crippen molar-refractivity contribution in [2.45, 2.75) is 39.2 Å². The highest BCUT2D eigenvalue weighted by Crippen LogP contribution is 2.26. The smallest absolute Gasteiger partial charge is 0.242 e. The van der Waals surface area contributed by atoms with E-state index >= 15 is 0 Å². The number of hydrogen-bond acceptors (Lipinski definition) is 4. The first-order valence-electron chi connectivity index (χ1n) is 8.74. The van der Waals surface area contributed by atoms with Crippen LogP contribution in [0.3, 0.4) is 0 Å². The molecule has 1 aromatic carbocycles. The Bertz CT molecular complexity index is 911. The first kappa shape index (κ1) is 15.9. The Balaban J connectivity index is 1.50. The van der Waals surface area contributed by atoms with Crippen LogP contribution in [0.15, 0.2) is 35.0 Å². The number of likely N-dealkylation sites (tertiary alicyclic amines) is 1. The number of aromatic nitrogens is 3. The number of fused-ring (bicyclic) bond motifs is 1. The number of hydrogen-bond donors (Lipinski definition) is 0. The predicted molar refractivity (Wildman–Crippen MR) is 94.3 cm³/mol. The predicted octanol–water partition coefficient (Wildman–Crippen LogP) is 3.05. The number of piperidine rings is 1. The van der Waals surface area contributed by atoms with Crippen molar-refractivity contribution in [2.75, 3.05) is 13.1 Å². The number of aryl methyl sites for hydroxylation is 2. The molecule has 3 aromatic rings. The highest BCUT2D eigenvalue weighted by molar-refractivity contribution is 5.86. The Morgan fingerprint density at radius 1 is 1.32 bits per heavy atom. The molecule has 0 saturated carbocycles. The molecule has 6 nitrogen and oxygen atoms in total. The maximum atomic E-state index is 12.8. The highest BCUT2D eigenvalue weighted by atomic mass is 16.5. The lowest BCUT2D eigenvalue weighted by Crippen LogP contribution is -2.41. The number of amides is 1. The fourth-order valence-corrected chi connectivity index (χ4v) is 3.70. The molecule has 25 heavy (non-hydrogen) atoms. The van der Waals surface area contributed by atoms with Gasteiger partial charge in [-0.3, -0.25) is 4.79 Å². The fraction of sp³-hybridized carbons (Fsp3) is 0.421. The van der Waals surface area contributed by atoms with Crippen LogP contribution in [-0.2, 0) is 11.3 Å². The zero-order valence-electron chi connectivity index (χ0n) is 14.6. The number of carbonyl (C=O) groups is 1. The van der Waals surface area contributed by atoms with Gasteiger partial charge in [0.15, 0.2) is 5.82 Å². The second kappa shape index (κ2) is 6.35. The summed E-state index contributed by atoms with van der Waals surface area (Å²) in [6, 6.07) is 8.21. The van der Waals surface area contributed by atoms with Crippen LogP contribution in [0.25, 0.3) is 10.9 Å². The van der Waals surface area contributed by atoms with Crippen molar-refractivity contribution in [3.8, 4) is 0 Å². The molecule has 0 spiro atoms. The average molecular weight is 338 g/mol. The Hall–Kier alpha value is -2.63. The molecule has 3 heterocycles. The van der Waals surface area contributed by atoms with Gasteiger partial charge in [-0.15, -0.1) is 0 Å². The van der Waals surface area contributed by atoms with E-state index in [1.54, 1.807) is 6.92 Å². The van der Waals surface area contributed by atoms with Crippen LogP contribution in [0.2, 0.25) is 0 Å². The van der Waals surface area contributed by atoms with Crippen molar-refractivity contribution in [3.63, 3.8) is 0 Å². The Labute approximate surface area is 146 Å². The summed E-state index contributed by atoms with van der Waals surface area (Å²) < 4.78 is 7.14. The van der Waals surface area contributed by atoms with Gasteiger partial charge in [0.1, 0.15) is 6.54 Å². The molecule has 130 valence electrons. The van der Waals surface area contributed by atoms with Gasteiger partial charge < -0.3 is 14.0 Å². The maximum Gasteiger partial charge on any atom is 0.242 e. The molecule has 0 aliphatic carbocycles. The third kappa shape index (κ3) is 3.04. The standard InChI is InChI=1S/C19H22N4O2/c1-13-10-23(17-8-4-3-7-16(13)17)12-18(24)22-9-5-6-15(11-22)19-20-14(2)25-21-19/h3-4,7-8,10,15H,5-6,9,11-12H2,1-2H3/t15-/m0/s1. The molecular weight excluding hydrogens is 316 g/mol. The summed E-state index contributed by atoms with van der Waals surface area (Å²) in [6.07, 6.45) is 4.02. The number of para-hydroxylation sites is 1. The largest absolute Gasteiger partial charge is 0.340 e. The van der Waals surface area contributed by atoms with Crippen LogP contribution < -0.4 is 0 Å². The zero-order chi connectivity index (χ0) is 17.4. The maximum absolute atomic E-state index is 12.8. The summed E-state index contributed by atoms with van der Waals surface area (Å²) in [6.45, 7) is 5.70. The lowest BCUT2D eigenvalue weighted by atomic mass is 9.97. The van der Waals surface area contributed by atoms with Crippen LogP contribution in [0.1, 0.15) is 36.0 Å². The number of nitrogens with zero attached hydrogens (tertiary/aromatic N) is 4. The molecule has 0 N–H and O–H groups in total. The van der Waals surface area contributed by atoms with Crippen molar-refractivity contribution in [3.05, 3.63) is 47.7 Å². The zero-order valence-corrected chi connectivity index (χ0v) is 14.6. The van der Waals surface area contributed by atoms with Gasteiger partial charge in [0.05, 0.1) is 0 Å². The molecule has 1 atom stereocenters. The number of rotatable bonds is 3. The van der Waals surface area contributed by atoms with Crippen LogP contribution in [0.5, 0.6) is 0 Å². The van der Waals surface area contributed by atoms with Gasteiger partial charge in [-0.25, -0.2) is 0 Å². The molecule has 0 radical (unpaired) electrons. The molecule has 1 aliphatic heterocycles. The van der Waals surface area contributed by atoms with Gasteiger partial charge in [0, 0.05) is 43.0 Å². The van der Waals surface area contributed by atoms with Gasteiger partial charge in [0.2, 0.25) is 11.8 Å². The van der Waals surface area contributed by atoms with Crippen LogP contribution >= 0.6 is 0 Å². The van der Waals surface area contributed by atoms with Crippen LogP contribution in [0, 0.1) is 13.8 Å². The van der Waals surface area contributed by atoms with Crippen LogP contribution in [-0.4, -0.2) is 38.6 Å². The van der Waals surface area contributed by atoms with Gasteiger partial charge in [-0.05, 0) is 31.4 Å². The van der Waals surface area contributed by atoms with E-state index in [4.69, 9.17) is 4.52 Å². The van der Waals surface area contributed by atoms with Gasteiger partial charge >= 0.3 is 0 Å². The van der Waals surface area contributed by atoms with Gasteiger partial charge in [-0.1, -0.05) is 23.4 Å². The molecule has 1 fully saturated rings. The van der Waals surface area contributed by atoms with Gasteiger partial charge in [-0.2, -0.15) is 4.98 Å². The minimum absolute atomic E-state index is 0.144. The normalized spacial score (nSPS) is 18.0. The molecular formula is C19H22N4O2. The third-order valence-corrected chi connectivity index (χ3v) is 4.98. The molecule has 4 rings (SSSR count). The summed E-state index contributed by atoms with van der Waals surface area (Å²) in [5.74, 6) is 1.61. The molecule has 0 unspecified atom stereocenters. The van der Waals surface area contributed by atoms with Crippen molar-refractivity contribution in [2.24, 2.45) is 0 Å². The SMILES string of the molecule is Cc1nc([C@H]2CCCN(C(=O)Cn3cc(C)c4ccccc43)C2)no1. The summed E-state index contributed by atoms with van der Waals surface area (Å²) in [4.78, 5) is 19.1. The third-order valence-electron chi connectivity index (χ3n) is 4.98. The van der Waals surface area contributed by atoms with E-state index in [0.717, 1.165) is 30.7 Å². The van der Waals surface area contributed by atoms with E-state index in [-0.39, 0.29) is 11.8 Å². The van der Waals surface area contributed by atoms with Crippen molar-refractivity contribution in [1.82, 2.24) is 19.6 Å². The first-order chi connectivity index (χ1) is 12.1. The first-order valence-corrected chi connectivity index (χ1v) is 8.74. The lowest BCUT2D eigenvalue weighted by molar-refractivity contribution is -0.133. The molecule has 0 bridgehead atoms. The van der Waals surface area contributed by atoms with Crippen molar-refractivity contribution < 1.29 is 9.32 Å². The quantitative estimate of drug-likeness (QED) is 0.736. The minimum atomic E-state index is 0.144. The topological polar surface area (TPSA) is 64.2 Å². The highest BCUT2D eigenvalue weighted by Gasteiger charge is 2.28. The average Bonchev–Trinajstić information content (AvgIpc) is 3.20. The second-order valence-corrected chi connectivity index (χ2v) is 6.81. The molecule has 2 aromatic heterocycles. The Morgan fingerprint density at radius 2 is 2.16 bits per heavy atom. The fourth-order valence-electron chi connectivity index (χ4n) is 3.70. The van der Waals surface area contributed by atoms with Crippen molar-refractivity contribution >= 4 is 16.8 Å². The number of benzene rings is 1. The minimum Gasteiger partial charge on any atom is -0.340 e. The number of carbonyl (C=O) groups excluding carboxylic acids is 1.